The second-order valence-electron chi connectivity index (χ2n) is 3.44. The summed E-state index contributed by atoms with van der Waals surface area (Å²) in [6, 6.07) is 10.7. The Balaban J connectivity index is 0.00000121. The van der Waals surface area contributed by atoms with Crippen molar-refractivity contribution in [1.82, 2.24) is 0 Å². The van der Waals surface area contributed by atoms with Crippen molar-refractivity contribution in [2.24, 2.45) is 5.92 Å². The summed E-state index contributed by atoms with van der Waals surface area (Å²) in [4.78, 5) is 0. The third-order valence-corrected chi connectivity index (χ3v) is 2.33. The molecule has 0 aromatic heterocycles. The first-order valence-corrected chi connectivity index (χ1v) is 4.26. The molecule has 0 fully saturated rings. The van der Waals surface area contributed by atoms with Crippen molar-refractivity contribution in [1.29, 1.82) is 0 Å². The topological polar surface area (TPSA) is 0 Å². The quantitative estimate of drug-likeness (QED) is 0.617. The van der Waals surface area contributed by atoms with Gasteiger partial charge < -0.3 is 0 Å². The van der Waals surface area contributed by atoms with Crippen molar-refractivity contribution in [3.63, 3.8) is 0 Å². The van der Waals surface area contributed by atoms with Gasteiger partial charge in [0.2, 0.25) is 0 Å². The van der Waals surface area contributed by atoms with Gasteiger partial charge in [-0.25, -0.2) is 0 Å². The standard InChI is InChI=1S/C11H16.CH4/c1-9(2)10(3)11-7-5-4-6-8-11;/h4-10H,1-3H3;1H4. The average Bonchev–Trinajstić information content (AvgIpc) is 2.05. The monoisotopic (exact) mass is 164 g/mol. The molecule has 1 unspecified atom stereocenters. The van der Waals surface area contributed by atoms with Crippen LogP contribution in [0, 0.1) is 5.92 Å². The van der Waals surface area contributed by atoms with Gasteiger partial charge in [-0.2, -0.15) is 0 Å². The molecule has 12 heavy (non-hydrogen) atoms. The molecule has 0 saturated carbocycles. The summed E-state index contributed by atoms with van der Waals surface area (Å²) in [5.74, 6) is 1.41. The SMILES string of the molecule is C.CC(C)C(C)c1ccccc1. The molecule has 68 valence electrons. The lowest BCUT2D eigenvalue weighted by Gasteiger charge is -2.15. The number of benzene rings is 1. The minimum Gasteiger partial charge on any atom is -0.0776 e. The summed E-state index contributed by atoms with van der Waals surface area (Å²) in [5, 5.41) is 0. The van der Waals surface area contributed by atoms with Gasteiger partial charge in [-0.3, -0.25) is 0 Å². The van der Waals surface area contributed by atoms with E-state index in [0.717, 1.165) is 5.92 Å². The Morgan fingerprint density at radius 3 is 1.83 bits per heavy atom. The lowest BCUT2D eigenvalue weighted by Crippen LogP contribution is -2.00. The number of hydrogen-bond donors (Lipinski definition) is 0. The molecule has 0 N–H and O–H groups in total. The van der Waals surface area contributed by atoms with Crippen LogP contribution in [0.1, 0.15) is 39.7 Å². The summed E-state index contributed by atoms with van der Waals surface area (Å²) in [6.45, 7) is 6.80. The van der Waals surface area contributed by atoms with Crippen LogP contribution in [0.15, 0.2) is 30.3 Å². The van der Waals surface area contributed by atoms with E-state index in [0.29, 0.717) is 5.92 Å². The van der Waals surface area contributed by atoms with Crippen molar-refractivity contribution in [2.75, 3.05) is 0 Å². The molecule has 1 atom stereocenters. The molecule has 0 radical (unpaired) electrons. The van der Waals surface area contributed by atoms with Crippen LogP contribution in [0.5, 0.6) is 0 Å². The summed E-state index contributed by atoms with van der Waals surface area (Å²) in [5.41, 5.74) is 1.45. The second kappa shape index (κ2) is 4.97. The van der Waals surface area contributed by atoms with Crippen LogP contribution in [0.3, 0.4) is 0 Å². The van der Waals surface area contributed by atoms with Gasteiger partial charge in [0.05, 0.1) is 0 Å². The zero-order chi connectivity index (χ0) is 8.27. The molecule has 0 amide bonds. The second-order valence-corrected chi connectivity index (χ2v) is 3.44. The first kappa shape index (κ1) is 11.2. The predicted octanol–water partition coefficient (Wildman–Crippen LogP) is 4.08. The highest BCUT2D eigenvalue weighted by molar-refractivity contribution is 5.18. The lowest BCUT2D eigenvalue weighted by atomic mass is 9.91. The molecule has 0 saturated heterocycles. The van der Waals surface area contributed by atoms with Crippen molar-refractivity contribution >= 4 is 0 Å². The van der Waals surface area contributed by atoms with Gasteiger partial charge in [0.15, 0.2) is 0 Å². The molecule has 0 heteroatoms. The zero-order valence-electron chi connectivity index (χ0n) is 7.54. The predicted molar refractivity (Wildman–Crippen MR) is 56.4 cm³/mol. The van der Waals surface area contributed by atoms with Crippen LogP contribution in [0.2, 0.25) is 0 Å². The summed E-state index contributed by atoms with van der Waals surface area (Å²) >= 11 is 0. The van der Waals surface area contributed by atoms with Gasteiger partial charge in [0, 0.05) is 0 Å². The van der Waals surface area contributed by atoms with Crippen LogP contribution in [-0.2, 0) is 0 Å². The molecule has 0 nitrogen and oxygen atoms in total. The molecular formula is C12H20. The maximum Gasteiger partial charge on any atom is -0.0167 e. The van der Waals surface area contributed by atoms with Gasteiger partial charge in [-0.05, 0) is 17.4 Å². The third kappa shape index (κ3) is 2.69. The Morgan fingerprint density at radius 2 is 1.42 bits per heavy atom. The Bertz CT molecular complexity index is 199. The van der Waals surface area contributed by atoms with E-state index in [4.69, 9.17) is 0 Å². The lowest BCUT2D eigenvalue weighted by molar-refractivity contribution is 0.535. The van der Waals surface area contributed by atoms with E-state index in [-0.39, 0.29) is 7.43 Å². The molecule has 1 rings (SSSR count). The van der Waals surface area contributed by atoms with Crippen molar-refractivity contribution < 1.29 is 0 Å². The molecule has 0 aliphatic heterocycles. The van der Waals surface area contributed by atoms with E-state index in [1.807, 2.05) is 0 Å². The highest BCUT2D eigenvalue weighted by Gasteiger charge is 2.07. The molecule has 0 aliphatic carbocycles. The maximum atomic E-state index is 2.28. The van der Waals surface area contributed by atoms with Crippen LogP contribution in [0.4, 0.5) is 0 Å². The third-order valence-electron chi connectivity index (χ3n) is 2.33. The maximum absolute atomic E-state index is 2.28. The van der Waals surface area contributed by atoms with Crippen LogP contribution < -0.4 is 0 Å². The molecular weight excluding hydrogens is 144 g/mol. The van der Waals surface area contributed by atoms with Crippen molar-refractivity contribution in [3.8, 4) is 0 Å². The minimum atomic E-state index is 0. The van der Waals surface area contributed by atoms with Gasteiger partial charge in [-0.15, -0.1) is 0 Å². The van der Waals surface area contributed by atoms with E-state index in [9.17, 15) is 0 Å². The summed E-state index contributed by atoms with van der Waals surface area (Å²) in [6.07, 6.45) is 0. The van der Waals surface area contributed by atoms with Gasteiger partial charge in [0.25, 0.3) is 0 Å². The van der Waals surface area contributed by atoms with Crippen LogP contribution >= 0.6 is 0 Å². The highest BCUT2D eigenvalue weighted by Crippen LogP contribution is 2.22. The van der Waals surface area contributed by atoms with E-state index < -0.39 is 0 Å². The van der Waals surface area contributed by atoms with E-state index in [1.165, 1.54) is 5.56 Å². The molecule has 0 spiro atoms. The van der Waals surface area contributed by atoms with Crippen molar-refractivity contribution in [2.45, 2.75) is 34.1 Å². The summed E-state index contributed by atoms with van der Waals surface area (Å²) < 4.78 is 0. The summed E-state index contributed by atoms with van der Waals surface area (Å²) in [7, 11) is 0. The Morgan fingerprint density at radius 1 is 0.917 bits per heavy atom. The van der Waals surface area contributed by atoms with E-state index >= 15 is 0 Å². The van der Waals surface area contributed by atoms with Gasteiger partial charge in [0.1, 0.15) is 0 Å². The number of hydrogen-bond acceptors (Lipinski definition) is 0. The molecule has 0 bridgehead atoms. The fraction of sp³-hybridized carbons (Fsp3) is 0.500. The first-order valence-electron chi connectivity index (χ1n) is 4.26. The van der Waals surface area contributed by atoms with Gasteiger partial charge in [-0.1, -0.05) is 58.5 Å². The fourth-order valence-electron chi connectivity index (χ4n) is 1.14. The van der Waals surface area contributed by atoms with Gasteiger partial charge >= 0.3 is 0 Å². The van der Waals surface area contributed by atoms with Crippen LogP contribution in [-0.4, -0.2) is 0 Å². The molecule has 1 aromatic rings. The van der Waals surface area contributed by atoms with E-state index in [2.05, 4.69) is 51.1 Å². The largest absolute Gasteiger partial charge is 0.0776 e. The Hall–Kier alpha value is -0.780. The van der Waals surface area contributed by atoms with Crippen molar-refractivity contribution in [3.05, 3.63) is 35.9 Å². The van der Waals surface area contributed by atoms with E-state index in [1.54, 1.807) is 0 Å². The Labute approximate surface area is 76.6 Å². The molecule has 1 aromatic carbocycles. The molecule has 0 aliphatic rings. The first-order chi connectivity index (χ1) is 5.22. The smallest absolute Gasteiger partial charge is 0.0167 e. The van der Waals surface area contributed by atoms with Crippen LogP contribution in [0.25, 0.3) is 0 Å². The minimum absolute atomic E-state index is 0. The fourth-order valence-corrected chi connectivity index (χ4v) is 1.14. The normalized spacial score (nSPS) is 12.3. The number of rotatable bonds is 2. The Kier molecular flexibility index (Phi) is 4.65. The zero-order valence-corrected chi connectivity index (χ0v) is 7.54. The highest BCUT2D eigenvalue weighted by atomic mass is 14.1. The average molecular weight is 164 g/mol. The molecule has 0 heterocycles.